The number of nitrogens with zero attached hydrogens (tertiary/aromatic N) is 2. The Labute approximate surface area is 146 Å². The van der Waals surface area contributed by atoms with Crippen LogP contribution >= 0.6 is 0 Å². The van der Waals surface area contributed by atoms with Gasteiger partial charge in [0.25, 0.3) is 0 Å². The van der Waals surface area contributed by atoms with Crippen molar-refractivity contribution in [1.29, 1.82) is 0 Å². The number of ether oxygens (including phenoxy) is 1. The summed E-state index contributed by atoms with van der Waals surface area (Å²) in [6.45, 7) is 2.23. The molecule has 130 valence electrons. The SMILES string of the molecule is COc1ccccc1N1CC(C(=O)NC(C)c2ccccn2)CC1=O. The molecule has 0 spiro atoms. The minimum Gasteiger partial charge on any atom is -0.495 e. The van der Waals surface area contributed by atoms with E-state index in [0.717, 1.165) is 5.69 Å². The maximum atomic E-state index is 12.6. The molecule has 2 atom stereocenters. The van der Waals surface area contributed by atoms with E-state index in [1.165, 1.54) is 0 Å². The molecule has 2 heterocycles. The second-order valence-corrected chi connectivity index (χ2v) is 6.06. The summed E-state index contributed by atoms with van der Waals surface area (Å²) >= 11 is 0. The molecule has 0 saturated carbocycles. The minimum absolute atomic E-state index is 0.0739. The Balaban J connectivity index is 1.69. The summed E-state index contributed by atoms with van der Waals surface area (Å²) in [5.41, 5.74) is 1.49. The van der Waals surface area contributed by atoms with E-state index in [4.69, 9.17) is 4.74 Å². The number of methoxy groups -OCH3 is 1. The number of hydrogen-bond donors (Lipinski definition) is 1. The third-order valence-corrected chi connectivity index (χ3v) is 4.36. The molecule has 1 N–H and O–H groups in total. The van der Waals surface area contributed by atoms with E-state index in [1.54, 1.807) is 24.3 Å². The standard InChI is InChI=1S/C19H21N3O3/c1-13(15-7-5-6-10-20-15)21-19(24)14-11-18(23)22(12-14)16-8-3-4-9-17(16)25-2/h3-10,13-14H,11-12H2,1-2H3,(H,21,24). The lowest BCUT2D eigenvalue weighted by Crippen LogP contribution is -2.34. The fraction of sp³-hybridized carbons (Fsp3) is 0.316. The van der Waals surface area contributed by atoms with E-state index in [1.807, 2.05) is 43.3 Å². The van der Waals surface area contributed by atoms with E-state index in [0.29, 0.717) is 18.0 Å². The second kappa shape index (κ2) is 7.34. The molecule has 1 aromatic carbocycles. The number of rotatable bonds is 5. The first-order valence-electron chi connectivity index (χ1n) is 8.25. The summed E-state index contributed by atoms with van der Waals surface area (Å²) in [7, 11) is 1.57. The average Bonchev–Trinajstić information content (AvgIpc) is 3.04. The molecule has 3 rings (SSSR count). The van der Waals surface area contributed by atoms with Gasteiger partial charge in [0.15, 0.2) is 0 Å². The van der Waals surface area contributed by atoms with Crippen LogP contribution in [0.3, 0.4) is 0 Å². The number of aromatic nitrogens is 1. The smallest absolute Gasteiger partial charge is 0.227 e. The molecule has 2 unspecified atom stereocenters. The van der Waals surface area contributed by atoms with Crippen LogP contribution in [0.2, 0.25) is 0 Å². The van der Waals surface area contributed by atoms with Gasteiger partial charge in [-0.05, 0) is 31.2 Å². The van der Waals surface area contributed by atoms with Gasteiger partial charge in [0.05, 0.1) is 30.5 Å². The van der Waals surface area contributed by atoms with Gasteiger partial charge in [-0.3, -0.25) is 14.6 Å². The molecule has 1 saturated heterocycles. The summed E-state index contributed by atoms with van der Waals surface area (Å²) in [5, 5.41) is 2.95. The number of hydrogen-bond acceptors (Lipinski definition) is 4. The molecule has 0 radical (unpaired) electrons. The number of benzene rings is 1. The Kier molecular flexibility index (Phi) is 4.97. The molecule has 0 aliphatic carbocycles. The Morgan fingerprint density at radius 1 is 1.28 bits per heavy atom. The molecular formula is C19H21N3O3. The molecule has 6 heteroatoms. The average molecular weight is 339 g/mol. The van der Waals surface area contributed by atoms with Crippen molar-refractivity contribution in [3.8, 4) is 5.75 Å². The van der Waals surface area contributed by atoms with Crippen LogP contribution in [0.1, 0.15) is 25.1 Å². The molecule has 6 nitrogen and oxygen atoms in total. The molecule has 2 amide bonds. The summed E-state index contributed by atoms with van der Waals surface area (Å²) in [5.74, 6) is 0.0291. The zero-order valence-corrected chi connectivity index (χ0v) is 14.3. The van der Waals surface area contributed by atoms with Crippen LogP contribution in [0.4, 0.5) is 5.69 Å². The third kappa shape index (κ3) is 3.63. The Bertz CT molecular complexity index is 764. The Hall–Kier alpha value is -2.89. The van der Waals surface area contributed by atoms with Gasteiger partial charge in [-0.25, -0.2) is 0 Å². The zero-order chi connectivity index (χ0) is 17.8. The fourth-order valence-electron chi connectivity index (χ4n) is 3.01. The van der Waals surface area contributed by atoms with Crippen molar-refractivity contribution >= 4 is 17.5 Å². The van der Waals surface area contributed by atoms with E-state index in [9.17, 15) is 9.59 Å². The van der Waals surface area contributed by atoms with Gasteiger partial charge in [0.2, 0.25) is 11.8 Å². The van der Waals surface area contributed by atoms with Gasteiger partial charge in [-0.1, -0.05) is 18.2 Å². The molecule has 0 bridgehead atoms. The normalized spacial score (nSPS) is 18.1. The highest BCUT2D eigenvalue weighted by Crippen LogP contribution is 2.32. The van der Waals surface area contributed by atoms with E-state index in [2.05, 4.69) is 10.3 Å². The second-order valence-electron chi connectivity index (χ2n) is 6.06. The number of carbonyl (C=O) groups excluding carboxylic acids is 2. The Morgan fingerprint density at radius 3 is 2.76 bits per heavy atom. The highest BCUT2D eigenvalue weighted by molar-refractivity contribution is 6.01. The molecule has 1 aliphatic rings. The highest BCUT2D eigenvalue weighted by atomic mass is 16.5. The summed E-state index contributed by atoms with van der Waals surface area (Å²) < 4.78 is 5.32. The van der Waals surface area contributed by atoms with Crippen LogP contribution in [0.25, 0.3) is 0 Å². The van der Waals surface area contributed by atoms with Crippen molar-refractivity contribution in [2.75, 3.05) is 18.6 Å². The van der Waals surface area contributed by atoms with E-state index in [-0.39, 0.29) is 30.2 Å². The summed E-state index contributed by atoms with van der Waals surface area (Å²) in [6.07, 6.45) is 1.89. The first-order valence-corrected chi connectivity index (χ1v) is 8.25. The van der Waals surface area contributed by atoms with Crippen LogP contribution in [-0.2, 0) is 9.59 Å². The van der Waals surface area contributed by atoms with E-state index < -0.39 is 0 Å². The van der Waals surface area contributed by atoms with Crippen LogP contribution in [0.15, 0.2) is 48.7 Å². The lowest BCUT2D eigenvalue weighted by Gasteiger charge is -2.20. The molecule has 1 aromatic heterocycles. The predicted molar refractivity (Wildman–Crippen MR) is 94.2 cm³/mol. The van der Waals surface area contributed by atoms with Crippen molar-refractivity contribution in [3.63, 3.8) is 0 Å². The maximum Gasteiger partial charge on any atom is 0.227 e. The predicted octanol–water partition coefficient (Wildman–Crippen LogP) is 2.32. The Morgan fingerprint density at radius 2 is 2.04 bits per heavy atom. The fourth-order valence-corrected chi connectivity index (χ4v) is 3.01. The van der Waals surface area contributed by atoms with Crippen LogP contribution < -0.4 is 15.0 Å². The maximum absolute atomic E-state index is 12.6. The van der Waals surface area contributed by atoms with Gasteiger partial charge in [-0.15, -0.1) is 0 Å². The minimum atomic E-state index is -0.386. The van der Waals surface area contributed by atoms with Gasteiger partial charge < -0.3 is 15.0 Å². The summed E-state index contributed by atoms with van der Waals surface area (Å²) in [4.78, 5) is 30.8. The van der Waals surface area contributed by atoms with Gasteiger partial charge in [-0.2, -0.15) is 0 Å². The molecule has 2 aromatic rings. The molecule has 1 aliphatic heterocycles. The van der Waals surface area contributed by atoms with Crippen molar-refractivity contribution in [2.45, 2.75) is 19.4 Å². The number of para-hydroxylation sites is 2. The van der Waals surface area contributed by atoms with Gasteiger partial charge in [0, 0.05) is 19.2 Å². The van der Waals surface area contributed by atoms with Crippen LogP contribution in [0, 0.1) is 5.92 Å². The van der Waals surface area contributed by atoms with Crippen molar-refractivity contribution in [1.82, 2.24) is 10.3 Å². The van der Waals surface area contributed by atoms with Crippen molar-refractivity contribution in [3.05, 3.63) is 54.4 Å². The van der Waals surface area contributed by atoms with Gasteiger partial charge >= 0.3 is 0 Å². The number of pyridine rings is 1. The van der Waals surface area contributed by atoms with E-state index >= 15 is 0 Å². The van der Waals surface area contributed by atoms with Gasteiger partial charge in [0.1, 0.15) is 5.75 Å². The first kappa shape index (κ1) is 17.0. The number of nitrogens with one attached hydrogen (secondary N) is 1. The quantitative estimate of drug-likeness (QED) is 0.907. The lowest BCUT2D eigenvalue weighted by molar-refractivity contribution is -0.126. The summed E-state index contributed by atoms with van der Waals surface area (Å²) in [6, 6.07) is 12.7. The lowest BCUT2D eigenvalue weighted by atomic mass is 10.1. The number of anilines is 1. The molecule has 1 fully saturated rings. The molecular weight excluding hydrogens is 318 g/mol. The zero-order valence-electron chi connectivity index (χ0n) is 14.3. The highest BCUT2D eigenvalue weighted by Gasteiger charge is 2.36. The third-order valence-electron chi connectivity index (χ3n) is 4.36. The monoisotopic (exact) mass is 339 g/mol. The number of carbonyl (C=O) groups is 2. The largest absolute Gasteiger partial charge is 0.495 e. The van der Waals surface area contributed by atoms with Crippen molar-refractivity contribution in [2.24, 2.45) is 5.92 Å². The molecule has 25 heavy (non-hydrogen) atoms. The van der Waals surface area contributed by atoms with Crippen LogP contribution in [-0.4, -0.2) is 30.5 Å². The van der Waals surface area contributed by atoms with Crippen molar-refractivity contribution < 1.29 is 14.3 Å². The van der Waals surface area contributed by atoms with Crippen LogP contribution in [0.5, 0.6) is 5.75 Å². The number of amides is 2. The topological polar surface area (TPSA) is 71.5 Å². The first-order chi connectivity index (χ1) is 12.1.